The smallest absolute Gasteiger partial charge is 0.127 e. The summed E-state index contributed by atoms with van der Waals surface area (Å²) in [6.45, 7) is 3.88. The summed E-state index contributed by atoms with van der Waals surface area (Å²) in [6, 6.07) is 13.1. The highest BCUT2D eigenvalue weighted by Gasteiger charge is 2.18. The van der Waals surface area contributed by atoms with Gasteiger partial charge in [0.25, 0.3) is 0 Å². The standard InChI is InChI=1S/C17H19F2N/c1-3-17(14-9-5-7-11-16(14)19)20-12(2)13-8-4-6-10-15(13)18/h4-12,17,20H,3H2,1-2H3/t12-,17?/m1/s1. The van der Waals surface area contributed by atoms with Gasteiger partial charge in [-0.25, -0.2) is 8.78 Å². The predicted molar refractivity (Wildman–Crippen MR) is 77.4 cm³/mol. The monoisotopic (exact) mass is 275 g/mol. The van der Waals surface area contributed by atoms with Crippen LogP contribution < -0.4 is 5.32 Å². The molecule has 0 amide bonds. The fourth-order valence-electron chi connectivity index (χ4n) is 2.40. The summed E-state index contributed by atoms with van der Waals surface area (Å²) in [6.07, 6.45) is 0.736. The molecular formula is C17H19F2N. The molecule has 0 radical (unpaired) electrons. The molecule has 0 heterocycles. The minimum atomic E-state index is -0.240. The third-order valence-corrected chi connectivity index (χ3v) is 3.51. The van der Waals surface area contributed by atoms with Crippen LogP contribution in [0, 0.1) is 11.6 Å². The van der Waals surface area contributed by atoms with Gasteiger partial charge in [-0.2, -0.15) is 0 Å². The molecule has 1 unspecified atom stereocenters. The zero-order valence-electron chi connectivity index (χ0n) is 11.7. The molecule has 0 fully saturated rings. The number of hydrogen-bond acceptors (Lipinski definition) is 1. The average molecular weight is 275 g/mol. The fraction of sp³-hybridized carbons (Fsp3) is 0.294. The van der Waals surface area contributed by atoms with E-state index in [2.05, 4.69) is 5.32 Å². The molecule has 0 aliphatic rings. The first-order chi connectivity index (χ1) is 9.63. The van der Waals surface area contributed by atoms with Gasteiger partial charge in [-0.1, -0.05) is 43.3 Å². The van der Waals surface area contributed by atoms with Gasteiger partial charge >= 0.3 is 0 Å². The van der Waals surface area contributed by atoms with Crippen LogP contribution in [0.2, 0.25) is 0 Å². The highest BCUT2D eigenvalue weighted by atomic mass is 19.1. The molecule has 0 aliphatic heterocycles. The molecule has 0 aromatic heterocycles. The molecular weight excluding hydrogens is 256 g/mol. The van der Waals surface area contributed by atoms with Crippen molar-refractivity contribution in [3.8, 4) is 0 Å². The molecule has 3 heteroatoms. The summed E-state index contributed by atoms with van der Waals surface area (Å²) in [7, 11) is 0. The van der Waals surface area contributed by atoms with Crippen molar-refractivity contribution in [1.29, 1.82) is 0 Å². The minimum Gasteiger partial charge on any atom is -0.303 e. The van der Waals surface area contributed by atoms with E-state index in [0.717, 1.165) is 6.42 Å². The van der Waals surface area contributed by atoms with Gasteiger partial charge in [-0.15, -0.1) is 0 Å². The van der Waals surface area contributed by atoms with Gasteiger partial charge in [0, 0.05) is 23.2 Å². The van der Waals surface area contributed by atoms with Crippen molar-refractivity contribution < 1.29 is 8.78 Å². The lowest BCUT2D eigenvalue weighted by atomic mass is 10.0. The molecule has 0 spiro atoms. The Morgan fingerprint density at radius 3 is 1.90 bits per heavy atom. The largest absolute Gasteiger partial charge is 0.303 e. The van der Waals surface area contributed by atoms with E-state index in [9.17, 15) is 8.78 Å². The van der Waals surface area contributed by atoms with Crippen LogP contribution in [0.15, 0.2) is 48.5 Å². The SMILES string of the molecule is CCC(N[C@H](C)c1ccccc1F)c1ccccc1F. The number of nitrogens with one attached hydrogen (secondary N) is 1. The maximum Gasteiger partial charge on any atom is 0.127 e. The summed E-state index contributed by atoms with van der Waals surface area (Å²) in [5, 5.41) is 3.30. The van der Waals surface area contributed by atoms with E-state index in [1.807, 2.05) is 19.9 Å². The lowest BCUT2D eigenvalue weighted by molar-refractivity contribution is 0.429. The molecule has 0 saturated carbocycles. The topological polar surface area (TPSA) is 12.0 Å². The third kappa shape index (κ3) is 3.23. The van der Waals surface area contributed by atoms with Crippen molar-refractivity contribution in [2.24, 2.45) is 0 Å². The molecule has 0 aliphatic carbocycles. The van der Waals surface area contributed by atoms with Crippen LogP contribution in [0.25, 0.3) is 0 Å². The molecule has 2 atom stereocenters. The van der Waals surface area contributed by atoms with Crippen LogP contribution in [0.4, 0.5) is 8.78 Å². The molecule has 0 saturated heterocycles. The summed E-state index contributed by atoms with van der Waals surface area (Å²) in [4.78, 5) is 0. The van der Waals surface area contributed by atoms with E-state index in [1.165, 1.54) is 12.1 Å². The van der Waals surface area contributed by atoms with Gasteiger partial charge in [0.2, 0.25) is 0 Å². The van der Waals surface area contributed by atoms with Gasteiger partial charge in [0.15, 0.2) is 0 Å². The fourth-order valence-corrected chi connectivity index (χ4v) is 2.40. The van der Waals surface area contributed by atoms with Crippen molar-refractivity contribution in [3.63, 3.8) is 0 Å². The van der Waals surface area contributed by atoms with Crippen molar-refractivity contribution in [2.45, 2.75) is 32.4 Å². The molecule has 1 nitrogen and oxygen atoms in total. The van der Waals surface area contributed by atoms with Crippen LogP contribution in [-0.4, -0.2) is 0 Å². The first-order valence-electron chi connectivity index (χ1n) is 6.88. The van der Waals surface area contributed by atoms with Gasteiger partial charge in [0.05, 0.1) is 0 Å². The number of hydrogen-bond donors (Lipinski definition) is 1. The lowest BCUT2D eigenvalue weighted by Gasteiger charge is -2.23. The van der Waals surface area contributed by atoms with E-state index in [4.69, 9.17) is 0 Å². The maximum atomic E-state index is 13.8. The van der Waals surface area contributed by atoms with E-state index < -0.39 is 0 Å². The Morgan fingerprint density at radius 2 is 1.40 bits per heavy atom. The summed E-state index contributed by atoms with van der Waals surface area (Å²) >= 11 is 0. The van der Waals surface area contributed by atoms with Crippen LogP contribution in [0.1, 0.15) is 43.5 Å². The van der Waals surface area contributed by atoms with Crippen LogP contribution in [0.3, 0.4) is 0 Å². The second kappa shape index (κ2) is 6.62. The van der Waals surface area contributed by atoms with Crippen molar-refractivity contribution in [3.05, 3.63) is 71.3 Å². The molecule has 2 aromatic carbocycles. The molecule has 1 N–H and O–H groups in total. The quantitative estimate of drug-likeness (QED) is 0.829. The van der Waals surface area contributed by atoms with Crippen molar-refractivity contribution >= 4 is 0 Å². The van der Waals surface area contributed by atoms with E-state index in [1.54, 1.807) is 30.3 Å². The maximum absolute atomic E-state index is 13.8. The van der Waals surface area contributed by atoms with Crippen molar-refractivity contribution in [2.75, 3.05) is 0 Å². The first kappa shape index (κ1) is 14.7. The molecule has 2 rings (SSSR count). The van der Waals surface area contributed by atoms with Gasteiger partial charge in [-0.05, 0) is 25.5 Å². The minimum absolute atomic E-state index is 0.134. The summed E-state index contributed by atoms with van der Waals surface area (Å²) in [5.41, 5.74) is 1.22. The summed E-state index contributed by atoms with van der Waals surface area (Å²) < 4.78 is 27.6. The third-order valence-electron chi connectivity index (χ3n) is 3.51. The number of benzene rings is 2. The summed E-state index contributed by atoms with van der Waals surface area (Å²) in [5.74, 6) is -0.469. The van der Waals surface area contributed by atoms with Crippen LogP contribution >= 0.6 is 0 Å². The van der Waals surface area contributed by atoms with Gasteiger partial charge < -0.3 is 5.32 Å². The highest BCUT2D eigenvalue weighted by molar-refractivity contribution is 5.24. The predicted octanol–water partition coefficient (Wildman–Crippen LogP) is 4.77. The van der Waals surface area contributed by atoms with Crippen LogP contribution in [0.5, 0.6) is 0 Å². The second-order valence-electron chi connectivity index (χ2n) is 4.89. The van der Waals surface area contributed by atoms with E-state index in [-0.39, 0.29) is 23.7 Å². The Labute approximate surface area is 118 Å². The Bertz CT molecular complexity index is 568. The Morgan fingerprint density at radius 1 is 0.900 bits per heavy atom. The lowest BCUT2D eigenvalue weighted by Crippen LogP contribution is -2.25. The van der Waals surface area contributed by atoms with E-state index >= 15 is 0 Å². The Hall–Kier alpha value is -1.74. The molecule has 0 bridgehead atoms. The molecule has 106 valence electrons. The van der Waals surface area contributed by atoms with Gasteiger partial charge in [-0.3, -0.25) is 0 Å². The molecule has 20 heavy (non-hydrogen) atoms. The number of rotatable bonds is 5. The zero-order chi connectivity index (χ0) is 14.5. The van der Waals surface area contributed by atoms with Crippen molar-refractivity contribution in [1.82, 2.24) is 5.32 Å². The van der Waals surface area contributed by atoms with E-state index in [0.29, 0.717) is 11.1 Å². The van der Waals surface area contributed by atoms with Crippen LogP contribution in [-0.2, 0) is 0 Å². The normalized spacial score (nSPS) is 14.0. The first-order valence-corrected chi connectivity index (χ1v) is 6.88. The number of halogens is 2. The zero-order valence-corrected chi connectivity index (χ0v) is 11.7. The highest BCUT2D eigenvalue weighted by Crippen LogP contribution is 2.25. The van der Waals surface area contributed by atoms with Gasteiger partial charge in [0.1, 0.15) is 11.6 Å². The Kier molecular flexibility index (Phi) is 4.85. The Balaban J connectivity index is 2.19. The second-order valence-corrected chi connectivity index (χ2v) is 4.89. The molecule has 2 aromatic rings. The average Bonchev–Trinajstić information content (AvgIpc) is 2.46.